The Hall–Kier alpha value is -1.97. The first-order chi connectivity index (χ1) is 11.6. The molecule has 25 heavy (non-hydrogen) atoms. The second-order valence-corrected chi connectivity index (χ2v) is 7.96. The fraction of sp³-hybridized carbons (Fsp3) is 0.500. The molecule has 9 heteroatoms. The van der Waals surface area contributed by atoms with E-state index in [4.69, 9.17) is 10.8 Å². The van der Waals surface area contributed by atoms with Gasteiger partial charge in [0, 0.05) is 17.6 Å². The first-order valence-corrected chi connectivity index (χ1v) is 9.51. The van der Waals surface area contributed by atoms with E-state index in [9.17, 15) is 18.0 Å². The minimum Gasteiger partial charge on any atom is -0.480 e. The molecule has 138 valence electrons. The number of carboxylic acids is 1. The van der Waals surface area contributed by atoms with Gasteiger partial charge in [0.15, 0.2) is 0 Å². The highest BCUT2D eigenvalue weighted by atomic mass is 32.2. The summed E-state index contributed by atoms with van der Waals surface area (Å²) in [5, 5.41) is 8.89. The van der Waals surface area contributed by atoms with Gasteiger partial charge in [-0.3, -0.25) is 14.5 Å². The van der Waals surface area contributed by atoms with E-state index >= 15 is 0 Å². The van der Waals surface area contributed by atoms with Crippen molar-refractivity contribution >= 4 is 21.9 Å². The van der Waals surface area contributed by atoms with Crippen LogP contribution in [0.3, 0.4) is 0 Å². The fourth-order valence-corrected chi connectivity index (χ4v) is 4.26. The molecule has 0 heterocycles. The van der Waals surface area contributed by atoms with Crippen LogP contribution in [0, 0.1) is 6.92 Å². The van der Waals surface area contributed by atoms with Crippen molar-refractivity contribution in [3.63, 3.8) is 0 Å². The van der Waals surface area contributed by atoms with Crippen LogP contribution >= 0.6 is 0 Å². The van der Waals surface area contributed by atoms with E-state index in [0.29, 0.717) is 24.9 Å². The molecule has 0 atom stereocenters. The molecule has 1 aliphatic carbocycles. The molecule has 0 aliphatic heterocycles. The molecule has 0 aromatic heterocycles. The van der Waals surface area contributed by atoms with Crippen LogP contribution in [0.25, 0.3) is 0 Å². The molecule has 0 bridgehead atoms. The number of carbonyl (C=O) groups excluding carboxylic acids is 1. The second kappa shape index (κ2) is 7.51. The number of rotatable bonds is 8. The number of hydrogen-bond acceptors (Lipinski definition) is 5. The summed E-state index contributed by atoms with van der Waals surface area (Å²) in [6, 6.07) is 4.05. The summed E-state index contributed by atoms with van der Waals surface area (Å²) in [7, 11) is -3.76. The van der Waals surface area contributed by atoms with Crippen LogP contribution < -0.4 is 10.5 Å². The lowest BCUT2D eigenvalue weighted by Crippen LogP contribution is -2.54. The molecule has 2 rings (SSSR count). The molecule has 1 fully saturated rings. The topological polar surface area (TPSA) is 130 Å². The van der Waals surface area contributed by atoms with Crippen LogP contribution in [0.4, 0.5) is 0 Å². The highest BCUT2D eigenvalue weighted by Crippen LogP contribution is 2.27. The average molecular weight is 369 g/mol. The molecule has 8 nitrogen and oxygen atoms in total. The Morgan fingerprint density at radius 2 is 2.00 bits per heavy atom. The molecule has 1 aromatic rings. The summed E-state index contributed by atoms with van der Waals surface area (Å²) in [6.45, 7) is 4.09. The van der Waals surface area contributed by atoms with Gasteiger partial charge >= 0.3 is 5.97 Å². The number of hydrogen-bond donors (Lipinski definition) is 3. The van der Waals surface area contributed by atoms with Gasteiger partial charge in [-0.2, -0.15) is 0 Å². The fourth-order valence-electron chi connectivity index (χ4n) is 2.98. The molecule has 0 spiro atoms. The number of likely N-dealkylation sites (N-methyl/N-ethyl adjacent to an activating group) is 1. The number of sulfonamides is 1. The predicted molar refractivity (Wildman–Crippen MR) is 91.7 cm³/mol. The smallest absolute Gasteiger partial charge is 0.317 e. The number of carboxylic acid groups (broad SMARTS) is 1. The van der Waals surface area contributed by atoms with E-state index in [1.54, 1.807) is 13.0 Å². The maximum absolute atomic E-state index is 12.5. The van der Waals surface area contributed by atoms with Crippen LogP contribution in [-0.4, -0.2) is 55.5 Å². The zero-order chi connectivity index (χ0) is 18.8. The van der Waals surface area contributed by atoms with Gasteiger partial charge in [0.05, 0.1) is 11.4 Å². The maximum atomic E-state index is 12.5. The van der Waals surface area contributed by atoms with Crippen molar-refractivity contribution in [3.05, 3.63) is 29.3 Å². The maximum Gasteiger partial charge on any atom is 0.317 e. The van der Waals surface area contributed by atoms with Gasteiger partial charge in [-0.05, 0) is 44.0 Å². The molecule has 4 N–H and O–H groups in total. The first kappa shape index (κ1) is 19.4. The van der Waals surface area contributed by atoms with E-state index in [1.165, 1.54) is 12.1 Å². The van der Waals surface area contributed by atoms with Crippen molar-refractivity contribution in [1.29, 1.82) is 0 Å². The summed E-state index contributed by atoms with van der Waals surface area (Å²) in [4.78, 5) is 24.0. The van der Waals surface area contributed by atoms with E-state index in [0.717, 1.165) is 0 Å². The summed E-state index contributed by atoms with van der Waals surface area (Å²) in [5.74, 6) is -1.57. The molecule has 0 radical (unpaired) electrons. The number of benzene rings is 1. The number of nitrogens with one attached hydrogen (secondary N) is 1. The van der Waals surface area contributed by atoms with Crippen molar-refractivity contribution in [2.75, 3.05) is 13.1 Å². The molecule has 1 saturated carbocycles. The van der Waals surface area contributed by atoms with Crippen molar-refractivity contribution in [3.8, 4) is 0 Å². The van der Waals surface area contributed by atoms with Gasteiger partial charge in [0.25, 0.3) is 0 Å². The lowest BCUT2D eigenvalue weighted by molar-refractivity contribution is -0.139. The molecule has 1 amide bonds. The van der Waals surface area contributed by atoms with Gasteiger partial charge in [-0.25, -0.2) is 13.1 Å². The lowest BCUT2D eigenvalue weighted by Gasteiger charge is -2.42. The Morgan fingerprint density at radius 3 is 2.52 bits per heavy atom. The van der Waals surface area contributed by atoms with E-state index in [1.807, 2.05) is 11.8 Å². The largest absolute Gasteiger partial charge is 0.480 e. The van der Waals surface area contributed by atoms with E-state index < -0.39 is 21.9 Å². The van der Waals surface area contributed by atoms with Crippen LogP contribution in [0.5, 0.6) is 0 Å². The molecular formula is C16H23N3O5S. The number of aryl methyl sites for hydroxylation is 1. The van der Waals surface area contributed by atoms with Crippen molar-refractivity contribution in [1.82, 2.24) is 9.62 Å². The highest BCUT2D eigenvalue weighted by molar-refractivity contribution is 7.89. The molecule has 0 saturated heterocycles. The van der Waals surface area contributed by atoms with Crippen molar-refractivity contribution in [2.24, 2.45) is 5.73 Å². The summed E-state index contributed by atoms with van der Waals surface area (Å²) in [5.41, 5.74) is 6.05. The zero-order valence-corrected chi connectivity index (χ0v) is 15.0. The highest BCUT2D eigenvalue weighted by Gasteiger charge is 2.36. The molecular weight excluding hydrogens is 346 g/mol. The van der Waals surface area contributed by atoms with Gasteiger partial charge in [0.1, 0.15) is 0 Å². The Kier molecular flexibility index (Phi) is 5.81. The quantitative estimate of drug-likeness (QED) is 0.605. The average Bonchev–Trinajstić information content (AvgIpc) is 2.48. The molecule has 1 aromatic carbocycles. The minimum atomic E-state index is -3.76. The monoisotopic (exact) mass is 369 g/mol. The number of nitrogens with zero attached hydrogens (tertiary/aromatic N) is 1. The number of amides is 1. The third-order valence-corrected chi connectivity index (χ3v) is 6.00. The summed E-state index contributed by atoms with van der Waals surface area (Å²) < 4.78 is 27.6. The summed E-state index contributed by atoms with van der Waals surface area (Å²) in [6.07, 6.45) is 1.10. The van der Waals surface area contributed by atoms with Crippen molar-refractivity contribution < 1.29 is 23.1 Å². The van der Waals surface area contributed by atoms with Crippen LogP contribution in [0.1, 0.15) is 35.7 Å². The normalized spacial score (nSPS) is 20.3. The van der Waals surface area contributed by atoms with Crippen LogP contribution in [0.2, 0.25) is 0 Å². The minimum absolute atomic E-state index is 0.00627. The summed E-state index contributed by atoms with van der Waals surface area (Å²) >= 11 is 0. The van der Waals surface area contributed by atoms with Gasteiger partial charge in [-0.15, -0.1) is 0 Å². The van der Waals surface area contributed by atoms with Crippen molar-refractivity contribution in [2.45, 2.75) is 43.7 Å². The predicted octanol–water partition coefficient (Wildman–Crippen LogP) is 0.310. The number of aliphatic carboxylic acids is 1. The first-order valence-electron chi connectivity index (χ1n) is 8.02. The Balaban J connectivity index is 2.03. The zero-order valence-electron chi connectivity index (χ0n) is 14.2. The van der Waals surface area contributed by atoms with Gasteiger partial charge in [0.2, 0.25) is 15.9 Å². The van der Waals surface area contributed by atoms with Gasteiger partial charge in [-0.1, -0.05) is 13.0 Å². The lowest BCUT2D eigenvalue weighted by atomic mass is 9.86. The number of carbonyl (C=O) groups is 2. The Bertz CT molecular complexity index is 772. The van der Waals surface area contributed by atoms with Crippen LogP contribution in [0.15, 0.2) is 23.1 Å². The molecule has 0 unspecified atom stereocenters. The Morgan fingerprint density at radius 1 is 1.36 bits per heavy atom. The van der Waals surface area contributed by atoms with E-state index in [-0.39, 0.29) is 29.1 Å². The number of nitrogens with two attached hydrogens (primary N) is 1. The van der Waals surface area contributed by atoms with E-state index in [2.05, 4.69) is 4.72 Å². The van der Waals surface area contributed by atoms with Crippen LogP contribution in [-0.2, 0) is 14.8 Å². The van der Waals surface area contributed by atoms with Gasteiger partial charge < -0.3 is 10.8 Å². The number of primary amides is 1. The standard InChI is InChI=1S/C16H23N3O5S/c1-3-19(9-15(20)21)12-6-11(7-12)18-25(23,24)13-5-4-10(2)14(8-13)16(17)22/h4-5,8,11-12,18H,3,6-7,9H2,1-2H3,(H2,17,22)(H,20,21). The second-order valence-electron chi connectivity index (χ2n) is 6.24. The third kappa shape index (κ3) is 4.56. The Labute approximate surface area is 147 Å². The molecule has 1 aliphatic rings. The SMILES string of the molecule is CCN(CC(=O)O)C1CC(NS(=O)(=O)c2ccc(C)c(C(N)=O)c2)C1. The third-order valence-electron chi connectivity index (χ3n) is 4.48.